The normalized spacial score (nSPS) is 18.0. The minimum atomic E-state index is -3.08. The molecule has 0 amide bonds. The first kappa shape index (κ1) is 18.2. The van der Waals surface area contributed by atoms with E-state index in [1.165, 1.54) is 5.56 Å². The number of nitrogens with zero attached hydrogens (tertiary/aromatic N) is 2. The van der Waals surface area contributed by atoms with Crippen molar-refractivity contribution in [3.8, 4) is 0 Å². The Bertz CT molecular complexity index is 709. The second-order valence-corrected chi connectivity index (χ2v) is 8.29. The van der Waals surface area contributed by atoms with Crippen molar-refractivity contribution in [2.45, 2.75) is 26.3 Å². The summed E-state index contributed by atoms with van der Waals surface area (Å²) in [6, 6.07) is 15.8. The van der Waals surface area contributed by atoms with Crippen LogP contribution in [-0.4, -0.2) is 33.5 Å². The van der Waals surface area contributed by atoms with Crippen LogP contribution in [0, 0.1) is 6.92 Å². The molecule has 0 atom stereocenters. The summed E-state index contributed by atoms with van der Waals surface area (Å²) in [6.07, 6.45) is 1.93. The summed E-state index contributed by atoms with van der Waals surface area (Å²) in [5, 5.41) is 3.14. The number of para-hydroxylation sites is 1. The number of fused-ring (bicyclic) bond motifs is 1. The van der Waals surface area contributed by atoms with Gasteiger partial charge in [0.1, 0.15) is 0 Å². The van der Waals surface area contributed by atoms with Gasteiger partial charge in [0.15, 0.2) is 0 Å². The summed E-state index contributed by atoms with van der Waals surface area (Å²) in [5.41, 5.74) is 3.99. The maximum Gasteiger partial charge on any atom is 0.0687 e. The molecule has 0 fully saturated rings. The van der Waals surface area contributed by atoms with E-state index < -0.39 is 11.0 Å². The smallest absolute Gasteiger partial charge is 0.0687 e. The van der Waals surface area contributed by atoms with Crippen molar-refractivity contribution in [3.63, 3.8) is 0 Å². The number of unbranched alkanes of at least 4 members (excludes halogenated alkanes) is 1. The molecule has 0 aromatic heterocycles. The molecule has 0 saturated heterocycles. The van der Waals surface area contributed by atoms with Gasteiger partial charge in [-0.25, -0.2) is 4.31 Å². The standard InChI is InChI=1S/C19H27N3O2S/c1-16-10-11-19-17(14-16)15-21(13-7-6-12-20-2)25(23,24)22(19)18-8-4-3-5-9-18/h3-5,8-11,14,20,23-24H,6-7,12-13,15H2,1-2H3. The number of benzene rings is 2. The molecule has 5 nitrogen and oxygen atoms in total. The van der Waals surface area contributed by atoms with Gasteiger partial charge in [0.2, 0.25) is 0 Å². The van der Waals surface area contributed by atoms with Crippen LogP contribution in [0.2, 0.25) is 0 Å². The third kappa shape index (κ3) is 3.83. The molecule has 0 aliphatic carbocycles. The van der Waals surface area contributed by atoms with Gasteiger partial charge in [-0.3, -0.25) is 9.11 Å². The third-order valence-corrected chi connectivity index (χ3v) is 6.37. The summed E-state index contributed by atoms with van der Waals surface area (Å²) >= 11 is 0. The Morgan fingerprint density at radius 1 is 1.08 bits per heavy atom. The van der Waals surface area contributed by atoms with Crippen LogP contribution in [-0.2, 0) is 6.54 Å². The SMILES string of the molecule is CNCCCCN1Cc2cc(C)ccc2N(c2ccccc2)S1(O)O. The van der Waals surface area contributed by atoms with E-state index in [9.17, 15) is 9.11 Å². The third-order valence-electron chi connectivity index (χ3n) is 4.47. The molecule has 1 aliphatic rings. The largest absolute Gasteiger partial charge is 0.320 e. The van der Waals surface area contributed by atoms with Gasteiger partial charge >= 0.3 is 0 Å². The van der Waals surface area contributed by atoms with E-state index in [1.807, 2.05) is 53.8 Å². The number of anilines is 2. The molecule has 3 N–H and O–H groups in total. The van der Waals surface area contributed by atoms with Crippen molar-refractivity contribution in [3.05, 3.63) is 59.7 Å². The fourth-order valence-corrected chi connectivity index (χ4v) is 4.96. The van der Waals surface area contributed by atoms with Crippen LogP contribution in [0.25, 0.3) is 0 Å². The first-order valence-corrected chi connectivity index (χ1v) is 10.1. The number of hydrogen-bond acceptors (Lipinski definition) is 5. The Morgan fingerprint density at radius 3 is 2.56 bits per heavy atom. The summed E-state index contributed by atoms with van der Waals surface area (Å²) in [6.45, 7) is 4.21. The molecule has 2 aromatic carbocycles. The Balaban J connectivity index is 1.96. The Kier molecular flexibility index (Phi) is 5.66. The van der Waals surface area contributed by atoms with Crippen molar-refractivity contribution in [1.29, 1.82) is 0 Å². The van der Waals surface area contributed by atoms with E-state index in [1.54, 1.807) is 4.31 Å². The van der Waals surface area contributed by atoms with Crippen molar-refractivity contribution >= 4 is 22.3 Å². The maximum atomic E-state index is 11.1. The van der Waals surface area contributed by atoms with E-state index in [2.05, 4.69) is 18.3 Å². The highest BCUT2D eigenvalue weighted by Gasteiger charge is 2.37. The Labute approximate surface area is 151 Å². The van der Waals surface area contributed by atoms with Crippen molar-refractivity contribution in [2.24, 2.45) is 0 Å². The fourth-order valence-electron chi connectivity index (χ4n) is 3.20. The molecule has 1 heterocycles. The van der Waals surface area contributed by atoms with Crippen molar-refractivity contribution in [1.82, 2.24) is 9.62 Å². The van der Waals surface area contributed by atoms with Gasteiger partial charge in [0.05, 0.1) is 11.4 Å². The quantitative estimate of drug-likeness (QED) is 0.660. The average molecular weight is 362 g/mol. The first-order valence-electron chi connectivity index (χ1n) is 8.67. The zero-order valence-electron chi connectivity index (χ0n) is 14.9. The van der Waals surface area contributed by atoms with Gasteiger partial charge in [0, 0.05) is 13.1 Å². The topological polar surface area (TPSA) is 59.0 Å². The lowest BCUT2D eigenvalue weighted by atomic mass is 10.1. The molecule has 2 aromatic rings. The average Bonchev–Trinajstić information content (AvgIpc) is 2.59. The van der Waals surface area contributed by atoms with E-state index in [-0.39, 0.29) is 0 Å². The number of aryl methyl sites for hydroxylation is 1. The summed E-state index contributed by atoms with van der Waals surface area (Å²) < 4.78 is 25.7. The van der Waals surface area contributed by atoms with Gasteiger partial charge in [-0.05, 0) is 68.1 Å². The molecule has 3 rings (SSSR count). The maximum absolute atomic E-state index is 11.1. The van der Waals surface area contributed by atoms with Crippen LogP contribution in [0.15, 0.2) is 48.5 Å². The van der Waals surface area contributed by atoms with Crippen LogP contribution in [0.1, 0.15) is 24.0 Å². The van der Waals surface area contributed by atoms with Crippen LogP contribution in [0.5, 0.6) is 0 Å². The lowest BCUT2D eigenvalue weighted by Gasteiger charge is -2.54. The first-order chi connectivity index (χ1) is 12.0. The second-order valence-electron chi connectivity index (χ2n) is 6.43. The minimum absolute atomic E-state index is 0.558. The summed E-state index contributed by atoms with van der Waals surface area (Å²) in [5.74, 6) is 0. The van der Waals surface area contributed by atoms with Gasteiger partial charge in [0.25, 0.3) is 0 Å². The molecule has 0 unspecified atom stereocenters. The summed E-state index contributed by atoms with van der Waals surface area (Å²) in [4.78, 5) is 0. The van der Waals surface area contributed by atoms with Crippen LogP contribution < -0.4 is 9.62 Å². The van der Waals surface area contributed by atoms with Crippen molar-refractivity contribution < 1.29 is 9.11 Å². The zero-order chi connectivity index (χ0) is 17.9. The van der Waals surface area contributed by atoms with Gasteiger partial charge < -0.3 is 5.32 Å². The zero-order valence-corrected chi connectivity index (χ0v) is 15.7. The molecule has 6 heteroatoms. The molecular formula is C19H27N3O2S. The monoisotopic (exact) mass is 361 g/mol. The molecule has 0 radical (unpaired) electrons. The number of nitrogens with one attached hydrogen (secondary N) is 1. The molecule has 1 aliphatic heterocycles. The van der Waals surface area contributed by atoms with E-state index >= 15 is 0 Å². The lowest BCUT2D eigenvalue weighted by molar-refractivity contribution is 0.330. The van der Waals surface area contributed by atoms with Crippen molar-refractivity contribution in [2.75, 3.05) is 24.4 Å². The van der Waals surface area contributed by atoms with E-state index in [0.29, 0.717) is 13.1 Å². The lowest BCUT2D eigenvalue weighted by Crippen LogP contribution is -2.42. The van der Waals surface area contributed by atoms with Gasteiger partial charge in [-0.2, -0.15) is 4.31 Å². The summed E-state index contributed by atoms with van der Waals surface area (Å²) in [7, 11) is -1.15. The number of rotatable bonds is 6. The predicted molar refractivity (Wildman–Crippen MR) is 106 cm³/mol. The van der Waals surface area contributed by atoms with E-state index in [4.69, 9.17) is 0 Å². The molecule has 0 bridgehead atoms. The Morgan fingerprint density at radius 2 is 1.84 bits per heavy atom. The minimum Gasteiger partial charge on any atom is -0.320 e. The van der Waals surface area contributed by atoms with Gasteiger partial charge in [-0.15, -0.1) is 0 Å². The number of hydrogen-bond donors (Lipinski definition) is 3. The Hall–Kier alpha value is -1.57. The van der Waals surface area contributed by atoms with Gasteiger partial charge in [-0.1, -0.05) is 35.9 Å². The van der Waals surface area contributed by atoms with E-state index in [0.717, 1.165) is 36.3 Å². The molecule has 136 valence electrons. The highest BCUT2D eigenvalue weighted by atomic mass is 32.3. The molecule has 0 saturated carbocycles. The second kappa shape index (κ2) is 7.76. The highest BCUT2D eigenvalue weighted by molar-refractivity contribution is 8.23. The highest BCUT2D eigenvalue weighted by Crippen LogP contribution is 2.58. The van der Waals surface area contributed by atoms with Crippen LogP contribution in [0.4, 0.5) is 11.4 Å². The fraction of sp³-hybridized carbons (Fsp3) is 0.368. The molecular weight excluding hydrogens is 334 g/mol. The predicted octanol–water partition coefficient (Wildman–Crippen LogP) is 4.53. The molecule has 25 heavy (non-hydrogen) atoms. The van der Waals surface area contributed by atoms with Crippen LogP contribution in [0.3, 0.4) is 0 Å². The van der Waals surface area contributed by atoms with Crippen LogP contribution >= 0.6 is 11.0 Å². The molecule has 0 spiro atoms.